The molecule has 4 rings (SSSR count). The Morgan fingerprint density at radius 2 is 1.85 bits per heavy atom. The maximum atomic E-state index is 12.5. The van der Waals surface area contributed by atoms with Gasteiger partial charge in [-0.3, -0.25) is 0 Å². The van der Waals surface area contributed by atoms with Crippen molar-refractivity contribution in [3.8, 4) is 0 Å². The zero-order chi connectivity index (χ0) is 29.8. The Hall–Kier alpha value is -1.07. The summed E-state index contributed by atoms with van der Waals surface area (Å²) in [5, 5.41) is 2.89. The number of hydrogen-bond acceptors (Lipinski definition) is 4. The van der Waals surface area contributed by atoms with Gasteiger partial charge in [0.05, 0.1) is 13.2 Å². The molecule has 5 heteroatoms. The van der Waals surface area contributed by atoms with E-state index < -0.39 is 0 Å². The lowest BCUT2D eigenvalue weighted by atomic mass is 9.47. The second-order valence-corrected chi connectivity index (χ2v) is 15.6. The maximum absolute atomic E-state index is 12.5. The molecule has 3 fully saturated rings. The molecule has 1 amide bonds. The first-order valence-corrected chi connectivity index (χ1v) is 17.4. The van der Waals surface area contributed by atoms with Crippen molar-refractivity contribution in [3.63, 3.8) is 0 Å². The highest BCUT2D eigenvalue weighted by Crippen LogP contribution is 2.67. The zero-order valence-corrected chi connectivity index (χ0v) is 28.0. The molecule has 41 heavy (non-hydrogen) atoms. The van der Waals surface area contributed by atoms with E-state index in [2.05, 4.69) is 57.8 Å². The van der Waals surface area contributed by atoms with Gasteiger partial charge in [-0.25, -0.2) is 4.79 Å². The molecule has 9 atom stereocenters. The number of carbonyl (C=O) groups excluding carboxylic acids is 1. The Labute approximate surface area is 258 Å². The van der Waals surface area contributed by atoms with Crippen LogP contribution in [0.1, 0.15) is 118 Å². The molecule has 0 saturated heterocycles. The normalized spacial score (nSPS) is 36.2. The number of nitrogens with zero attached hydrogens (tertiary/aromatic N) is 1. The molecule has 0 aromatic rings. The van der Waals surface area contributed by atoms with E-state index >= 15 is 0 Å². The van der Waals surface area contributed by atoms with E-state index in [1.54, 1.807) is 5.57 Å². The van der Waals surface area contributed by atoms with Crippen LogP contribution in [0.15, 0.2) is 11.6 Å². The number of fused-ring (bicyclic) bond motifs is 5. The lowest BCUT2D eigenvalue weighted by molar-refractivity contribution is -0.0584. The van der Waals surface area contributed by atoms with Gasteiger partial charge < -0.3 is 19.7 Å². The van der Waals surface area contributed by atoms with Gasteiger partial charge in [-0.15, -0.1) is 0 Å². The van der Waals surface area contributed by atoms with E-state index in [-0.39, 0.29) is 23.3 Å². The minimum Gasteiger partial charge on any atom is -0.446 e. The van der Waals surface area contributed by atoms with Gasteiger partial charge >= 0.3 is 6.09 Å². The Morgan fingerprint density at radius 1 is 1.07 bits per heavy atom. The van der Waals surface area contributed by atoms with Crippen molar-refractivity contribution in [3.05, 3.63) is 11.6 Å². The topological polar surface area (TPSA) is 50.8 Å². The van der Waals surface area contributed by atoms with Crippen LogP contribution in [-0.2, 0) is 9.47 Å². The van der Waals surface area contributed by atoms with E-state index in [4.69, 9.17) is 9.47 Å². The van der Waals surface area contributed by atoms with Crippen LogP contribution in [0.4, 0.5) is 4.79 Å². The van der Waals surface area contributed by atoms with Crippen LogP contribution in [0.2, 0.25) is 0 Å². The summed E-state index contributed by atoms with van der Waals surface area (Å²) in [6, 6.07) is 0. The molecule has 5 nitrogen and oxygen atoms in total. The van der Waals surface area contributed by atoms with E-state index in [9.17, 15) is 4.79 Å². The van der Waals surface area contributed by atoms with Crippen molar-refractivity contribution in [2.24, 2.45) is 52.3 Å². The molecular formula is C36H72N2O3. The third kappa shape index (κ3) is 7.36. The first kappa shape index (κ1) is 32.8. The number of amides is 1. The van der Waals surface area contributed by atoms with Crippen LogP contribution < -0.4 is 5.32 Å². The number of alkyl carbamates (subject to hydrolysis) is 1. The van der Waals surface area contributed by atoms with Crippen molar-refractivity contribution >= 4 is 6.09 Å². The first-order chi connectivity index (χ1) is 19.5. The highest BCUT2D eigenvalue weighted by molar-refractivity contribution is 5.67. The molecule has 0 spiro atoms. The van der Waals surface area contributed by atoms with Crippen molar-refractivity contribution < 1.29 is 20.0 Å². The summed E-state index contributed by atoms with van der Waals surface area (Å²) in [7, 11) is 4.06. The largest absolute Gasteiger partial charge is 0.446 e. The number of allylic oxidation sites excluding steroid dienone is 1. The van der Waals surface area contributed by atoms with Crippen LogP contribution in [0.25, 0.3) is 0 Å². The third-order valence-electron chi connectivity index (χ3n) is 12.8. The average molecular weight is 581 g/mol. The number of nitrogens with one attached hydrogen (secondary N) is 1. The number of carbonyl (C=O) groups is 1. The quantitative estimate of drug-likeness (QED) is 0.174. The second-order valence-electron chi connectivity index (χ2n) is 15.6. The molecular weight excluding hydrogens is 508 g/mol. The lowest BCUT2D eigenvalue weighted by Gasteiger charge is -2.58. The zero-order valence-electron chi connectivity index (χ0n) is 28.0. The molecule has 1 N–H and O–H groups in total. The number of likely N-dealkylation sites (N-methyl/N-ethyl adjacent to an activating group) is 1. The summed E-state index contributed by atoms with van der Waals surface area (Å²) >= 11 is 0. The fourth-order valence-corrected chi connectivity index (χ4v) is 10.2. The summed E-state index contributed by atoms with van der Waals surface area (Å²) < 4.78 is 11.5. The highest BCUT2D eigenvalue weighted by atomic mass is 16.6. The Balaban J connectivity index is 0.00000484. The monoisotopic (exact) mass is 581 g/mol. The Bertz CT molecular complexity index is 906. The molecule has 0 bridgehead atoms. The Morgan fingerprint density at radius 3 is 2.56 bits per heavy atom. The van der Waals surface area contributed by atoms with Crippen molar-refractivity contribution in [2.45, 2.75) is 118 Å². The second kappa shape index (κ2) is 14.1. The summed E-state index contributed by atoms with van der Waals surface area (Å²) in [5.41, 5.74) is 2.40. The smallest absolute Gasteiger partial charge is 0.407 e. The minimum absolute atomic E-state index is 0. The number of rotatable bonds is 13. The number of hydrogen-bond donors (Lipinski definition) is 1. The van der Waals surface area contributed by atoms with Gasteiger partial charge in [-0.05, 0) is 118 Å². The van der Waals surface area contributed by atoms with Crippen molar-refractivity contribution in [1.82, 2.24) is 10.2 Å². The summed E-state index contributed by atoms with van der Waals surface area (Å²) in [6.07, 6.45) is 16.5. The van der Waals surface area contributed by atoms with Crippen LogP contribution in [0.5, 0.6) is 0 Å². The standard InChI is InChI=1S/C36H64N2O3.4H2/c1-9-27(25(2)3)11-10-26(4)31-14-15-32-30-13-12-28-24-29(41-34(39)37-20-22-40-23-21-38(7)8)16-18-35(28,5)33(30)17-19-36(31,32)6;;;;/h12,25-27,29-33H,9-11,13-24H2,1-8H3,(H,37,39);4*1H/t26?,27-,29+,30+,31?,32?,33?,35+,36-;;;;/m1..../s1. The fourth-order valence-electron chi connectivity index (χ4n) is 10.2. The average Bonchev–Trinajstić information content (AvgIpc) is 3.28. The van der Waals surface area contributed by atoms with Crippen LogP contribution in [0, 0.1) is 52.3 Å². The van der Waals surface area contributed by atoms with Gasteiger partial charge in [-0.2, -0.15) is 0 Å². The number of ether oxygens (including phenoxy) is 2. The molecule has 4 unspecified atom stereocenters. The van der Waals surface area contributed by atoms with Gasteiger partial charge in [0, 0.05) is 25.2 Å². The SMILES string of the molecule is CC[C@H](CCC(C)C1CCC2[C@@H]3CC=C4C[C@@H](OC(=O)NCCOCCN(C)C)CC[C@]4(C)C3CC[C@]12C)C(C)C.[HH].[HH].[HH].[HH]. The minimum atomic E-state index is -0.290. The van der Waals surface area contributed by atoms with Gasteiger partial charge in [0.1, 0.15) is 6.10 Å². The predicted octanol–water partition coefficient (Wildman–Crippen LogP) is 9.32. The maximum Gasteiger partial charge on any atom is 0.407 e. The van der Waals surface area contributed by atoms with E-state index in [0.717, 1.165) is 67.2 Å². The van der Waals surface area contributed by atoms with E-state index in [1.165, 1.54) is 51.4 Å². The molecule has 244 valence electrons. The third-order valence-corrected chi connectivity index (χ3v) is 12.8. The molecule has 3 saturated carbocycles. The van der Waals surface area contributed by atoms with Crippen LogP contribution >= 0.6 is 0 Å². The molecule has 0 heterocycles. The van der Waals surface area contributed by atoms with Crippen molar-refractivity contribution in [2.75, 3.05) is 40.4 Å². The summed E-state index contributed by atoms with van der Waals surface area (Å²) in [5.74, 6) is 5.97. The summed E-state index contributed by atoms with van der Waals surface area (Å²) in [6.45, 7) is 17.7. The molecule has 4 aliphatic carbocycles. The summed E-state index contributed by atoms with van der Waals surface area (Å²) in [4.78, 5) is 14.6. The predicted molar refractivity (Wildman–Crippen MR) is 178 cm³/mol. The van der Waals surface area contributed by atoms with Gasteiger partial charge in [0.15, 0.2) is 0 Å². The van der Waals surface area contributed by atoms with Crippen LogP contribution in [-0.4, -0.2) is 57.5 Å². The lowest BCUT2D eigenvalue weighted by Crippen LogP contribution is -2.51. The van der Waals surface area contributed by atoms with Gasteiger partial charge in [0.2, 0.25) is 0 Å². The first-order valence-electron chi connectivity index (χ1n) is 17.4. The van der Waals surface area contributed by atoms with E-state index in [1.807, 2.05) is 14.1 Å². The Kier molecular flexibility index (Phi) is 11.3. The molecule has 0 aliphatic heterocycles. The molecule has 0 radical (unpaired) electrons. The van der Waals surface area contributed by atoms with Crippen LogP contribution in [0.3, 0.4) is 0 Å². The van der Waals surface area contributed by atoms with Crippen molar-refractivity contribution in [1.29, 1.82) is 0 Å². The highest BCUT2D eigenvalue weighted by Gasteiger charge is 2.59. The molecule has 0 aromatic carbocycles. The molecule has 4 aliphatic rings. The van der Waals surface area contributed by atoms with Gasteiger partial charge in [0.25, 0.3) is 0 Å². The fraction of sp³-hybridized carbons (Fsp3) is 0.917. The van der Waals surface area contributed by atoms with E-state index in [0.29, 0.717) is 25.2 Å². The molecule has 0 aromatic heterocycles. The van der Waals surface area contributed by atoms with Gasteiger partial charge in [-0.1, -0.05) is 66.0 Å².